The average Bonchev–Trinajstić information content (AvgIpc) is 3.31. The summed E-state index contributed by atoms with van der Waals surface area (Å²) in [5, 5.41) is 8.09. The van der Waals surface area contributed by atoms with Crippen LogP contribution in [0.25, 0.3) is 10.8 Å². The van der Waals surface area contributed by atoms with Crippen LogP contribution in [0.5, 0.6) is 11.5 Å². The van der Waals surface area contributed by atoms with Crippen molar-refractivity contribution in [1.82, 2.24) is 15.1 Å². The van der Waals surface area contributed by atoms with Gasteiger partial charge in [-0.3, -0.25) is 9.59 Å². The zero-order valence-electron chi connectivity index (χ0n) is 15.5. The molecule has 1 heterocycles. The Morgan fingerprint density at radius 2 is 2.11 bits per heavy atom. The van der Waals surface area contributed by atoms with E-state index in [1.54, 1.807) is 18.3 Å². The Morgan fingerprint density at radius 1 is 1.26 bits per heavy atom. The standard InChI is InChI=1S/C20H23N3O4/c1-26-16-6-5-14-10-22-23(20(25)18(14)19(16)27-2)11-17(24)21-9-15-8-12-3-4-13(15)7-12/h3-6,10,12-13,15H,7-9,11H2,1-2H3,(H,21,24)/t12-,13-,15+/m0/s1. The Kier molecular flexibility index (Phi) is 4.59. The van der Waals surface area contributed by atoms with Crippen LogP contribution in [0.3, 0.4) is 0 Å². The van der Waals surface area contributed by atoms with Crippen molar-refractivity contribution < 1.29 is 14.3 Å². The van der Waals surface area contributed by atoms with Gasteiger partial charge in [0.05, 0.1) is 25.8 Å². The largest absolute Gasteiger partial charge is 0.493 e. The number of hydrogen-bond acceptors (Lipinski definition) is 5. The van der Waals surface area contributed by atoms with Gasteiger partial charge in [-0.1, -0.05) is 12.2 Å². The van der Waals surface area contributed by atoms with E-state index in [1.165, 1.54) is 25.3 Å². The molecule has 0 spiro atoms. The van der Waals surface area contributed by atoms with Crippen molar-refractivity contribution in [1.29, 1.82) is 0 Å². The maximum atomic E-state index is 12.9. The first-order chi connectivity index (χ1) is 13.1. The third-order valence-electron chi connectivity index (χ3n) is 5.63. The van der Waals surface area contributed by atoms with E-state index in [-0.39, 0.29) is 18.0 Å². The van der Waals surface area contributed by atoms with Gasteiger partial charge in [0.25, 0.3) is 5.56 Å². The van der Waals surface area contributed by atoms with Gasteiger partial charge in [-0.2, -0.15) is 5.10 Å². The summed E-state index contributed by atoms with van der Waals surface area (Å²) in [6.07, 6.45) is 8.44. The summed E-state index contributed by atoms with van der Waals surface area (Å²) in [5.41, 5.74) is -0.374. The van der Waals surface area contributed by atoms with E-state index in [9.17, 15) is 9.59 Å². The van der Waals surface area contributed by atoms with Gasteiger partial charge in [0.1, 0.15) is 6.54 Å². The number of benzene rings is 1. The molecule has 4 rings (SSSR count). The van der Waals surface area contributed by atoms with Crippen molar-refractivity contribution in [2.45, 2.75) is 19.4 Å². The lowest BCUT2D eigenvalue weighted by molar-refractivity contribution is -0.122. The molecule has 2 aliphatic carbocycles. The molecular weight excluding hydrogens is 346 g/mol. The first kappa shape index (κ1) is 17.6. The average molecular weight is 369 g/mol. The monoisotopic (exact) mass is 369 g/mol. The minimum absolute atomic E-state index is 0.119. The van der Waals surface area contributed by atoms with Crippen LogP contribution in [0, 0.1) is 17.8 Å². The maximum absolute atomic E-state index is 12.9. The second-order valence-electron chi connectivity index (χ2n) is 7.22. The van der Waals surface area contributed by atoms with E-state index < -0.39 is 0 Å². The second-order valence-corrected chi connectivity index (χ2v) is 7.22. The fourth-order valence-corrected chi connectivity index (χ4v) is 4.26. The molecule has 0 aliphatic heterocycles. The summed E-state index contributed by atoms with van der Waals surface area (Å²) in [6, 6.07) is 3.47. The van der Waals surface area contributed by atoms with Crippen molar-refractivity contribution in [3.8, 4) is 11.5 Å². The Hall–Kier alpha value is -2.83. The summed E-state index contributed by atoms with van der Waals surface area (Å²) in [4.78, 5) is 25.2. The topological polar surface area (TPSA) is 82.5 Å². The molecule has 142 valence electrons. The smallest absolute Gasteiger partial charge is 0.279 e. The number of aromatic nitrogens is 2. The number of fused-ring (bicyclic) bond motifs is 3. The molecule has 2 aromatic rings. The van der Waals surface area contributed by atoms with Gasteiger partial charge in [0.2, 0.25) is 5.91 Å². The molecule has 2 aliphatic rings. The first-order valence-corrected chi connectivity index (χ1v) is 9.16. The Bertz CT molecular complexity index is 966. The van der Waals surface area contributed by atoms with Crippen molar-refractivity contribution >= 4 is 16.7 Å². The highest BCUT2D eigenvalue weighted by atomic mass is 16.5. The molecule has 1 aromatic heterocycles. The molecule has 1 fully saturated rings. The van der Waals surface area contributed by atoms with Crippen LogP contribution in [0.2, 0.25) is 0 Å². The van der Waals surface area contributed by atoms with Gasteiger partial charge in [0, 0.05) is 11.9 Å². The summed E-state index contributed by atoms with van der Waals surface area (Å²) in [6.45, 7) is 0.523. The molecule has 0 radical (unpaired) electrons. The summed E-state index contributed by atoms with van der Waals surface area (Å²) in [5.74, 6) is 2.35. The van der Waals surface area contributed by atoms with Gasteiger partial charge in [-0.05, 0) is 42.7 Å². The van der Waals surface area contributed by atoms with E-state index in [4.69, 9.17) is 9.47 Å². The van der Waals surface area contributed by atoms with Crippen molar-refractivity contribution in [2.24, 2.45) is 17.8 Å². The minimum atomic E-state index is -0.374. The van der Waals surface area contributed by atoms with E-state index in [2.05, 4.69) is 22.6 Å². The lowest BCUT2D eigenvalue weighted by Crippen LogP contribution is -2.36. The molecule has 1 N–H and O–H groups in total. The van der Waals surface area contributed by atoms with Crippen LogP contribution < -0.4 is 20.3 Å². The molecular formula is C20H23N3O4. The predicted octanol–water partition coefficient (Wildman–Crippen LogP) is 1.74. The van der Waals surface area contributed by atoms with Crippen LogP contribution in [0.1, 0.15) is 12.8 Å². The number of methoxy groups -OCH3 is 2. The van der Waals surface area contributed by atoms with Crippen molar-refractivity contribution in [2.75, 3.05) is 20.8 Å². The number of carbonyl (C=O) groups excluding carboxylic acids is 1. The molecule has 1 saturated carbocycles. The lowest BCUT2D eigenvalue weighted by Gasteiger charge is -2.18. The zero-order valence-corrected chi connectivity index (χ0v) is 15.5. The van der Waals surface area contributed by atoms with E-state index in [0.717, 1.165) is 6.42 Å². The van der Waals surface area contributed by atoms with Crippen LogP contribution >= 0.6 is 0 Å². The number of amides is 1. The van der Waals surface area contributed by atoms with Gasteiger partial charge < -0.3 is 14.8 Å². The SMILES string of the molecule is COc1ccc2cnn(CC(=O)NC[C@H]3C[C@H]4C=C[C@H]3C4)c(=O)c2c1OC. The number of nitrogens with one attached hydrogen (secondary N) is 1. The summed E-state index contributed by atoms with van der Waals surface area (Å²) >= 11 is 0. The number of hydrogen-bond donors (Lipinski definition) is 1. The number of carbonyl (C=O) groups is 1. The summed E-state index contributed by atoms with van der Waals surface area (Å²) in [7, 11) is 3.00. The molecule has 0 unspecified atom stereocenters. The normalized spacial score (nSPS) is 23.0. The van der Waals surface area contributed by atoms with Crippen molar-refractivity contribution in [3.63, 3.8) is 0 Å². The molecule has 27 heavy (non-hydrogen) atoms. The number of rotatable bonds is 6. The van der Waals surface area contributed by atoms with Gasteiger partial charge in [0.15, 0.2) is 11.5 Å². The van der Waals surface area contributed by atoms with Crippen LogP contribution in [0.4, 0.5) is 0 Å². The maximum Gasteiger partial charge on any atom is 0.279 e. The second kappa shape index (κ2) is 7.06. The van der Waals surface area contributed by atoms with E-state index in [0.29, 0.717) is 46.6 Å². The quantitative estimate of drug-likeness (QED) is 0.785. The number of nitrogens with zero attached hydrogens (tertiary/aromatic N) is 2. The first-order valence-electron chi connectivity index (χ1n) is 9.16. The third-order valence-corrected chi connectivity index (χ3v) is 5.63. The molecule has 1 aromatic carbocycles. The molecule has 3 atom stereocenters. The van der Waals surface area contributed by atoms with Gasteiger partial charge in [-0.15, -0.1) is 0 Å². The van der Waals surface area contributed by atoms with Crippen LogP contribution in [0.15, 0.2) is 35.3 Å². The van der Waals surface area contributed by atoms with Gasteiger partial charge >= 0.3 is 0 Å². The number of allylic oxidation sites excluding steroid dienone is 2. The highest BCUT2D eigenvalue weighted by molar-refractivity contribution is 5.89. The molecule has 1 amide bonds. The van der Waals surface area contributed by atoms with Gasteiger partial charge in [-0.25, -0.2) is 4.68 Å². The van der Waals surface area contributed by atoms with E-state index in [1.807, 2.05) is 0 Å². The van der Waals surface area contributed by atoms with E-state index >= 15 is 0 Å². The Balaban J connectivity index is 1.51. The number of ether oxygens (including phenoxy) is 2. The minimum Gasteiger partial charge on any atom is -0.493 e. The highest BCUT2D eigenvalue weighted by Crippen LogP contribution is 2.42. The highest BCUT2D eigenvalue weighted by Gasteiger charge is 2.35. The third kappa shape index (κ3) is 3.18. The molecule has 0 saturated heterocycles. The molecule has 7 nitrogen and oxygen atoms in total. The van der Waals surface area contributed by atoms with Crippen LogP contribution in [-0.4, -0.2) is 36.5 Å². The Morgan fingerprint density at radius 3 is 2.78 bits per heavy atom. The lowest BCUT2D eigenvalue weighted by atomic mass is 9.94. The fourth-order valence-electron chi connectivity index (χ4n) is 4.26. The van der Waals surface area contributed by atoms with Crippen molar-refractivity contribution in [3.05, 3.63) is 40.8 Å². The Labute approximate surface area is 157 Å². The fraction of sp³-hybridized carbons (Fsp3) is 0.450. The summed E-state index contributed by atoms with van der Waals surface area (Å²) < 4.78 is 11.8. The molecule has 2 bridgehead atoms. The van der Waals surface area contributed by atoms with Crippen LogP contribution in [-0.2, 0) is 11.3 Å². The predicted molar refractivity (Wildman–Crippen MR) is 101 cm³/mol. The molecule has 7 heteroatoms. The zero-order chi connectivity index (χ0) is 19.0.